The zero-order chi connectivity index (χ0) is 19.9. The van der Waals surface area contributed by atoms with Crippen molar-refractivity contribution in [1.29, 1.82) is 0 Å². The Morgan fingerprint density at radius 3 is 2.72 bits per heavy atom. The molecule has 29 heavy (non-hydrogen) atoms. The number of nitrogens with zero attached hydrogens (tertiary/aromatic N) is 2. The van der Waals surface area contributed by atoms with E-state index in [-0.39, 0.29) is 0 Å². The van der Waals surface area contributed by atoms with Crippen LogP contribution in [0.25, 0.3) is 11.3 Å². The van der Waals surface area contributed by atoms with E-state index >= 15 is 0 Å². The smallest absolute Gasteiger partial charge is 0.203 e. The molecule has 0 aliphatic rings. The van der Waals surface area contributed by atoms with Crippen molar-refractivity contribution in [3.8, 4) is 17.0 Å². The highest BCUT2D eigenvalue weighted by Crippen LogP contribution is 2.24. The number of aromatic nitrogens is 1. The summed E-state index contributed by atoms with van der Waals surface area (Å²) in [5, 5.41) is 7.75. The van der Waals surface area contributed by atoms with Crippen LogP contribution >= 0.6 is 22.9 Å². The highest BCUT2D eigenvalue weighted by Gasteiger charge is 2.03. The highest BCUT2D eigenvalue weighted by molar-refractivity contribution is 7.14. The predicted octanol–water partition coefficient (Wildman–Crippen LogP) is 6.49. The van der Waals surface area contributed by atoms with Gasteiger partial charge in [0, 0.05) is 16.0 Å². The zero-order valence-electron chi connectivity index (χ0n) is 15.5. The number of ether oxygens (including phenoxy) is 1. The molecule has 0 bridgehead atoms. The Hall–Kier alpha value is -3.15. The lowest BCUT2D eigenvalue weighted by Crippen LogP contribution is -1.96. The van der Waals surface area contributed by atoms with Gasteiger partial charge in [-0.3, -0.25) is 5.43 Å². The fourth-order valence-corrected chi connectivity index (χ4v) is 3.59. The van der Waals surface area contributed by atoms with Crippen molar-refractivity contribution in [3.05, 3.63) is 100 Å². The molecular weight excluding hydrogens is 402 g/mol. The SMILES string of the molecule is Clc1cccc(COc2cccc(C=NNc3nc(-c4ccccc4)cs3)c2)c1. The summed E-state index contributed by atoms with van der Waals surface area (Å²) in [6, 6.07) is 25.5. The summed E-state index contributed by atoms with van der Waals surface area (Å²) in [6.45, 7) is 0.459. The number of benzene rings is 3. The van der Waals surface area contributed by atoms with E-state index in [0.717, 1.165) is 33.3 Å². The van der Waals surface area contributed by atoms with Crippen molar-refractivity contribution in [1.82, 2.24) is 4.98 Å². The molecule has 0 unspecified atom stereocenters. The largest absolute Gasteiger partial charge is 0.489 e. The van der Waals surface area contributed by atoms with Crippen molar-refractivity contribution < 1.29 is 4.74 Å². The Labute approximate surface area is 178 Å². The van der Waals surface area contributed by atoms with Gasteiger partial charge in [0.2, 0.25) is 5.13 Å². The summed E-state index contributed by atoms with van der Waals surface area (Å²) in [5.74, 6) is 0.773. The third-order valence-corrected chi connectivity index (χ3v) is 5.08. The lowest BCUT2D eigenvalue weighted by Gasteiger charge is -2.07. The maximum atomic E-state index is 6.01. The molecule has 1 heterocycles. The summed E-state index contributed by atoms with van der Waals surface area (Å²) < 4.78 is 5.85. The minimum Gasteiger partial charge on any atom is -0.489 e. The van der Waals surface area contributed by atoms with Crippen LogP contribution in [0.1, 0.15) is 11.1 Å². The Morgan fingerprint density at radius 1 is 1.00 bits per heavy atom. The van der Waals surface area contributed by atoms with Gasteiger partial charge in [0.25, 0.3) is 0 Å². The molecule has 4 rings (SSSR count). The van der Waals surface area contributed by atoms with E-state index in [0.29, 0.717) is 11.6 Å². The molecule has 0 saturated heterocycles. The number of anilines is 1. The maximum Gasteiger partial charge on any atom is 0.203 e. The third-order valence-electron chi connectivity index (χ3n) is 4.10. The third kappa shape index (κ3) is 5.44. The van der Waals surface area contributed by atoms with E-state index in [1.165, 1.54) is 11.3 Å². The van der Waals surface area contributed by atoms with Crippen molar-refractivity contribution in [2.24, 2.45) is 5.10 Å². The van der Waals surface area contributed by atoms with Crippen LogP contribution in [0.5, 0.6) is 5.75 Å². The average molecular weight is 420 g/mol. The average Bonchev–Trinajstić information content (AvgIpc) is 3.22. The van der Waals surface area contributed by atoms with Gasteiger partial charge < -0.3 is 4.74 Å². The summed E-state index contributed by atoms with van der Waals surface area (Å²) in [4.78, 5) is 4.56. The summed E-state index contributed by atoms with van der Waals surface area (Å²) in [5.41, 5.74) is 6.97. The molecule has 0 radical (unpaired) electrons. The fraction of sp³-hybridized carbons (Fsp3) is 0.0435. The minimum atomic E-state index is 0.459. The molecule has 4 aromatic rings. The van der Waals surface area contributed by atoms with Crippen molar-refractivity contribution >= 4 is 34.3 Å². The molecule has 0 saturated carbocycles. The molecule has 144 valence electrons. The molecule has 0 aliphatic heterocycles. The number of hydrogen-bond acceptors (Lipinski definition) is 5. The number of thiazole rings is 1. The Bertz CT molecular complexity index is 1110. The number of nitrogens with one attached hydrogen (secondary N) is 1. The molecule has 0 amide bonds. The van der Waals surface area contributed by atoms with Gasteiger partial charge in [-0.05, 0) is 35.4 Å². The first-order valence-electron chi connectivity index (χ1n) is 9.03. The first-order valence-corrected chi connectivity index (χ1v) is 10.3. The molecule has 0 fully saturated rings. The van der Waals surface area contributed by atoms with E-state index in [1.54, 1.807) is 6.21 Å². The van der Waals surface area contributed by atoms with Crippen LogP contribution in [0.3, 0.4) is 0 Å². The van der Waals surface area contributed by atoms with E-state index in [9.17, 15) is 0 Å². The number of rotatable bonds is 7. The predicted molar refractivity (Wildman–Crippen MR) is 121 cm³/mol. The van der Waals surface area contributed by atoms with Crippen LogP contribution in [0.2, 0.25) is 5.02 Å². The Morgan fingerprint density at radius 2 is 1.86 bits per heavy atom. The van der Waals surface area contributed by atoms with E-state index in [2.05, 4.69) is 15.5 Å². The first-order chi connectivity index (χ1) is 14.3. The second-order valence-electron chi connectivity index (χ2n) is 6.27. The fourth-order valence-electron chi connectivity index (χ4n) is 2.71. The van der Waals surface area contributed by atoms with Crippen LogP contribution in [0.15, 0.2) is 89.3 Å². The van der Waals surface area contributed by atoms with E-state index in [4.69, 9.17) is 16.3 Å². The molecule has 0 aliphatic carbocycles. The van der Waals surface area contributed by atoms with Crippen LogP contribution in [0.4, 0.5) is 5.13 Å². The lowest BCUT2D eigenvalue weighted by molar-refractivity contribution is 0.306. The lowest BCUT2D eigenvalue weighted by atomic mass is 10.2. The van der Waals surface area contributed by atoms with Gasteiger partial charge in [-0.2, -0.15) is 5.10 Å². The summed E-state index contributed by atoms with van der Waals surface area (Å²) in [7, 11) is 0. The molecule has 1 aromatic heterocycles. The molecule has 3 aromatic carbocycles. The van der Waals surface area contributed by atoms with Gasteiger partial charge in [0.05, 0.1) is 11.9 Å². The van der Waals surface area contributed by atoms with Gasteiger partial charge in [0.15, 0.2) is 0 Å². The highest BCUT2D eigenvalue weighted by atomic mass is 35.5. The number of hydrogen-bond donors (Lipinski definition) is 1. The van der Waals surface area contributed by atoms with Gasteiger partial charge >= 0.3 is 0 Å². The van der Waals surface area contributed by atoms with Crippen molar-refractivity contribution in [2.75, 3.05) is 5.43 Å². The second-order valence-corrected chi connectivity index (χ2v) is 7.56. The molecule has 4 nitrogen and oxygen atoms in total. The van der Waals surface area contributed by atoms with Crippen LogP contribution in [-0.2, 0) is 6.61 Å². The minimum absolute atomic E-state index is 0.459. The summed E-state index contributed by atoms with van der Waals surface area (Å²) >= 11 is 7.53. The molecule has 6 heteroatoms. The Balaban J connectivity index is 1.35. The Kier molecular flexibility index (Phi) is 6.19. The van der Waals surface area contributed by atoms with E-state index in [1.807, 2.05) is 84.2 Å². The van der Waals surface area contributed by atoms with Gasteiger partial charge in [-0.25, -0.2) is 4.98 Å². The van der Waals surface area contributed by atoms with Crippen LogP contribution in [-0.4, -0.2) is 11.2 Å². The van der Waals surface area contributed by atoms with Crippen LogP contribution in [0, 0.1) is 0 Å². The quantitative estimate of drug-likeness (QED) is 0.275. The maximum absolute atomic E-state index is 6.01. The van der Waals surface area contributed by atoms with Gasteiger partial charge in [-0.1, -0.05) is 66.2 Å². The first kappa shape index (κ1) is 19.2. The number of hydrazone groups is 1. The standard InChI is InChI=1S/C23H18ClN3OS/c24-20-10-4-7-18(12-20)15-28-21-11-5-6-17(13-21)14-25-27-23-26-22(16-29-23)19-8-2-1-3-9-19/h1-14,16H,15H2,(H,26,27). The van der Waals surface area contributed by atoms with Crippen molar-refractivity contribution in [3.63, 3.8) is 0 Å². The van der Waals surface area contributed by atoms with Gasteiger partial charge in [-0.15, -0.1) is 11.3 Å². The van der Waals surface area contributed by atoms with E-state index < -0.39 is 0 Å². The summed E-state index contributed by atoms with van der Waals surface area (Å²) in [6.07, 6.45) is 1.75. The van der Waals surface area contributed by atoms with Crippen LogP contribution < -0.4 is 10.2 Å². The molecular formula is C23H18ClN3OS. The molecule has 1 N–H and O–H groups in total. The van der Waals surface area contributed by atoms with Gasteiger partial charge in [0.1, 0.15) is 12.4 Å². The second kappa shape index (κ2) is 9.37. The monoisotopic (exact) mass is 419 g/mol. The van der Waals surface area contributed by atoms with Crippen molar-refractivity contribution in [2.45, 2.75) is 6.61 Å². The number of halogens is 1. The topological polar surface area (TPSA) is 46.5 Å². The molecule has 0 spiro atoms. The molecule has 0 atom stereocenters. The zero-order valence-corrected chi connectivity index (χ0v) is 17.0. The normalized spacial score (nSPS) is 10.9.